The molecule has 0 saturated heterocycles. The van der Waals surface area contributed by atoms with E-state index < -0.39 is 47.9 Å². The second-order valence-corrected chi connectivity index (χ2v) is 11.3. The van der Waals surface area contributed by atoms with Crippen molar-refractivity contribution in [3.8, 4) is 5.75 Å². The molecule has 5 unspecified atom stereocenters. The van der Waals surface area contributed by atoms with Crippen molar-refractivity contribution in [2.24, 2.45) is 28.1 Å². The van der Waals surface area contributed by atoms with Crippen molar-refractivity contribution in [1.29, 1.82) is 0 Å². The van der Waals surface area contributed by atoms with Crippen molar-refractivity contribution in [3.63, 3.8) is 0 Å². The van der Waals surface area contributed by atoms with Crippen LogP contribution < -0.4 is 33.2 Å². The number of aliphatic imine (C=N–C) groups is 1. The number of para-hydroxylation sites is 1. The highest BCUT2D eigenvalue weighted by Gasteiger charge is 2.31. The first-order valence-corrected chi connectivity index (χ1v) is 15.2. The van der Waals surface area contributed by atoms with E-state index in [2.05, 4.69) is 25.9 Å². The Morgan fingerprint density at radius 1 is 0.891 bits per heavy atom. The number of aromatic hydroxyl groups is 1. The summed E-state index contributed by atoms with van der Waals surface area (Å²) in [7, 11) is 0. The number of rotatable bonds is 17. The van der Waals surface area contributed by atoms with Crippen LogP contribution in [0.15, 0.2) is 59.7 Å². The van der Waals surface area contributed by atoms with Crippen molar-refractivity contribution < 1.29 is 29.4 Å². The maximum absolute atomic E-state index is 13.7. The zero-order valence-electron chi connectivity index (χ0n) is 26.0. The third-order valence-electron chi connectivity index (χ3n) is 7.86. The van der Waals surface area contributed by atoms with Crippen LogP contribution in [0.1, 0.15) is 44.2 Å². The number of guanidine groups is 1. The molecule has 12 N–H and O–H groups in total. The molecule has 0 radical (unpaired) electrons. The largest absolute Gasteiger partial charge is 0.508 e. The summed E-state index contributed by atoms with van der Waals surface area (Å²) in [5.74, 6) is -3.45. The third kappa shape index (κ3) is 10.2. The number of nitrogens with zero attached hydrogens (tertiary/aromatic N) is 1. The Bertz CT molecular complexity index is 1520. The average molecular weight is 637 g/mol. The standard InChI is InChI=1S/C32H44N8O6/c1-3-18(2)27(33)30(44)39-25(15-19-10-12-21(41)13-11-19)29(43)38-24(9-6-14-36-32(34)35)28(42)40-26(31(45)46)16-20-17-37-23-8-5-4-7-22(20)23/h4-5,7-8,10-13,17-18,24-27,37,41H,3,6,9,14-16,33H2,1-2H3,(H,38,43)(H,39,44)(H,40,42)(H,45,46)(H4,34,35,36). The highest BCUT2D eigenvalue weighted by Crippen LogP contribution is 2.19. The van der Waals surface area contributed by atoms with Gasteiger partial charge in [0.2, 0.25) is 17.7 Å². The number of H-pyrrole nitrogens is 1. The zero-order chi connectivity index (χ0) is 33.8. The number of nitrogens with two attached hydrogens (primary N) is 3. The van der Waals surface area contributed by atoms with Gasteiger partial charge in [-0.15, -0.1) is 0 Å². The van der Waals surface area contributed by atoms with Gasteiger partial charge in [-0.1, -0.05) is 50.6 Å². The third-order valence-corrected chi connectivity index (χ3v) is 7.86. The Morgan fingerprint density at radius 3 is 2.17 bits per heavy atom. The number of benzene rings is 2. The van der Waals surface area contributed by atoms with Crippen molar-refractivity contribution >= 4 is 40.6 Å². The van der Waals surface area contributed by atoms with Gasteiger partial charge in [-0.2, -0.15) is 0 Å². The Kier molecular flexibility index (Phi) is 12.9. The molecule has 0 saturated carbocycles. The Labute approximate surface area is 267 Å². The molecule has 248 valence electrons. The summed E-state index contributed by atoms with van der Waals surface area (Å²) < 4.78 is 0. The summed E-state index contributed by atoms with van der Waals surface area (Å²) in [6, 6.07) is 9.02. The van der Waals surface area contributed by atoms with Crippen molar-refractivity contribution in [2.45, 2.75) is 70.1 Å². The van der Waals surface area contributed by atoms with Crippen LogP contribution in [-0.4, -0.2) is 75.6 Å². The minimum atomic E-state index is -1.30. The summed E-state index contributed by atoms with van der Waals surface area (Å²) >= 11 is 0. The van der Waals surface area contributed by atoms with E-state index in [1.54, 1.807) is 18.3 Å². The zero-order valence-corrected chi connectivity index (χ0v) is 26.0. The molecule has 3 aromatic rings. The van der Waals surface area contributed by atoms with Crippen LogP contribution in [0.3, 0.4) is 0 Å². The summed E-state index contributed by atoms with van der Waals surface area (Å²) in [4.78, 5) is 59.6. The van der Waals surface area contributed by atoms with Crippen LogP contribution in [0.2, 0.25) is 0 Å². The fourth-order valence-electron chi connectivity index (χ4n) is 4.89. The number of fused-ring (bicyclic) bond motifs is 1. The fourth-order valence-corrected chi connectivity index (χ4v) is 4.89. The maximum Gasteiger partial charge on any atom is 0.326 e. The van der Waals surface area contributed by atoms with Gasteiger partial charge < -0.3 is 48.3 Å². The van der Waals surface area contributed by atoms with E-state index in [4.69, 9.17) is 17.2 Å². The summed E-state index contributed by atoms with van der Waals surface area (Å²) in [5.41, 5.74) is 19.1. The number of carbonyl (C=O) groups is 4. The monoisotopic (exact) mass is 636 g/mol. The van der Waals surface area contributed by atoms with E-state index in [0.717, 1.165) is 10.9 Å². The molecule has 0 aliphatic carbocycles. The second-order valence-electron chi connectivity index (χ2n) is 11.3. The van der Waals surface area contributed by atoms with Crippen molar-refractivity contribution in [2.75, 3.05) is 6.54 Å². The molecule has 1 aromatic heterocycles. The number of nitrogens with one attached hydrogen (secondary N) is 4. The Hall–Kier alpha value is -5.11. The van der Waals surface area contributed by atoms with E-state index in [1.807, 2.05) is 38.1 Å². The van der Waals surface area contributed by atoms with Gasteiger partial charge in [0.1, 0.15) is 23.9 Å². The molecule has 3 rings (SSSR count). The van der Waals surface area contributed by atoms with Crippen LogP contribution in [0.5, 0.6) is 5.75 Å². The lowest BCUT2D eigenvalue weighted by Gasteiger charge is -2.26. The summed E-state index contributed by atoms with van der Waals surface area (Å²) in [6.07, 6.45) is 2.72. The second kappa shape index (κ2) is 16.8. The van der Waals surface area contributed by atoms with Crippen molar-refractivity contribution in [3.05, 3.63) is 65.9 Å². The van der Waals surface area contributed by atoms with Crippen LogP contribution in [-0.2, 0) is 32.0 Å². The maximum atomic E-state index is 13.7. The Balaban J connectivity index is 1.83. The number of carboxylic acids is 1. The van der Waals surface area contributed by atoms with E-state index in [0.29, 0.717) is 17.5 Å². The quantitative estimate of drug-likeness (QED) is 0.0571. The minimum Gasteiger partial charge on any atom is -0.508 e. The molecule has 0 spiro atoms. The number of phenols is 1. The molecule has 3 amide bonds. The number of amides is 3. The van der Waals surface area contributed by atoms with E-state index >= 15 is 0 Å². The molecule has 2 aromatic carbocycles. The van der Waals surface area contributed by atoms with Gasteiger partial charge in [0.05, 0.1) is 6.04 Å². The van der Waals surface area contributed by atoms with Crippen molar-refractivity contribution in [1.82, 2.24) is 20.9 Å². The Morgan fingerprint density at radius 2 is 1.52 bits per heavy atom. The molecule has 14 heteroatoms. The van der Waals surface area contributed by atoms with Crippen LogP contribution in [0.25, 0.3) is 10.9 Å². The molecule has 0 fully saturated rings. The molecule has 5 atom stereocenters. The summed E-state index contributed by atoms with van der Waals surface area (Å²) in [6.45, 7) is 3.88. The number of hydrogen-bond acceptors (Lipinski definition) is 7. The van der Waals surface area contributed by atoms with Crippen LogP contribution >= 0.6 is 0 Å². The first-order chi connectivity index (χ1) is 21.9. The molecule has 14 nitrogen and oxygen atoms in total. The van der Waals surface area contributed by atoms with E-state index in [-0.39, 0.29) is 49.9 Å². The summed E-state index contributed by atoms with van der Waals surface area (Å²) in [5, 5.41) is 28.5. The van der Waals surface area contributed by atoms with Gasteiger partial charge in [0.25, 0.3) is 0 Å². The van der Waals surface area contributed by atoms with Gasteiger partial charge in [-0.25, -0.2) is 4.79 Å². The fraction of sp³-hybridized carbons (Fsp3) is 0.406. The first kappa shape index (κ1) is 35.4. The molecule has 46 heavy (non-hydrogen) atoms. The molecule has 1 heterocycles. The van der Waals surface area contributed by atoms with Gasteiger partial charge in [-0.05, 0) is 48.1 Å². The van der Waals surface area contributed by atoms with Crippen LogP contribution in [0, 0.1) is 5.92 Å². The molecule has 0 aliphatic rings. The number of carboxylic acid groups (broad SMARTS) is 1. The van der Waals surface area contributed by atoms with E-state index in [9.17, 15) is 29.4 Å². The molecular weight excluding hydrogens is 592 g/mol. The lowest BCUT2D eigenvalue weighted by Crippen LogP contribution is -2.58. The number of aromatic amines is 1. The average Bonchev–Trinajstić information content (AvgIpc) is 3.44. The number of aliphatic carboxylic acids is 1. The van der Waals surface area contributed by atoms with Crippen LogP contribution in [0.4, 0.5) is 0 Å². The number of hydrogen-bond donors (Lipinski definition) is 9. The normalized spacial score (nSPS) is 14.3. The molecule has 0 aliphatic heterocycles. The molecular formula is C32H44N8O6. The number of phenolic OH excluding ortho intramolecular Hbond substituents is 1. The predicted molar refractivity (Wildman–Crippen MR) is 175 cm³/mol. The van der Waals surface area contributed by atoms with E-state index in [1.165, 1.54) is 12.1 Å². The van der Waals surface area contributed by atoms with Gasteiger partial charge in [0.15, 0.2) is 5.96 Å². The predicted octanol–water partition coefficient (Wildman–Crippen LogP) is 0.625. The van der Waals surface area contributed by atoms with Gasteiger partial charge >= 0.3 is 5.97 Å². The lowest BCUT2D eigenvalue weighted by molar-refractivity contribution is -0.142. The topological polar surface area (TPSA) is 251 Å². The highest BCUT2D eigenvalue weighted by atomic mass is 16.4. The minimum absolute atomic E-state index is 0.00715. The smallest absolute Gasteiger partial charge is 0.326 e. The first-order valence-electron chi connectivity index (χ1n) is 15.2. The molecule has 0 bridgehead atoms. The SMILES string of the molecule is CCC(C)C(N)C(=O)NC(Cc1ccc(O)cc1)C(=O)NC(CCCN=C(N)N)C(=O)NC(Cc1c[nH]c2ccccc12)C(=O)O. The number of carbonyl (C=O) groups excluding carboxylic acids is 3. The highest BCUT2D eigenvalue weighted by molar-refractivity contribution is 5.94. The number of aromatic nitrogens is 1. The van der Waals surface area contributed by atoms with Gasteiger partial charge in [-0.3, -0.25) is 19.4 Å². The van der Waals surface area contributed by atoms with Gasteiger partial charge in [0, 0.05) is 36.5 Å². The lowest BCUT2D eigenvalue weighted by atomic mass is 9.98.